The first-order valence-electron chi connectivity index (χ1n) is 5.85. The second kappa shape index (κ2) is 4.51. The molecule has 0 spiro atoms. The van der Waals surface area contributed by atoms with Crippen LogP contribution in [0.4, 0.5) is 0 Å². The maximum Gasteiger partial charge on any atom is 0.249 e. The highest BCUT2D eigenvalue weighted by molar-refractivity contribution is 6.07. The van der Waals surface area contributed by atoms with E-state index in [1.54, 1.807) is 0 Å². The van der Waals surface area contributed by atoms with Crippen molar-refractivity contribution < 1.29 is 4.79 Å². The minimum atomic E-state index is -0.225. The molecule has 2 heterocycles. The summed E-state index contributed by atoms with van der Waals surface area (Å²) in [7, 11) is 4.22. The lowest BCUT2D eigenvalue weighted by molar-refractivity contribution is -0.119. The van der Waals surface area contributed by atoms with Crippen LogP contribution in [-0.2, 0) is 4.79 Å². The van der Waals surface area contributed by atoms with E-state index >= 15 is 0 Å². The highest BCUT2D eigenvalue weighted by Crippen LogP contribution is 2.11. The van der Waals surface area contributed by atoms with Crippen molar-refractivity contribution in [1.82, 2.24) is 15.1 Å². The minimum Gasteiger partial charge on any atom is -0.311 e. The molecule has 1 saturated heterocycles. The molecule has 0 aromatic carbocycles. The largest absolute Gasteiger partial charge is 0.311 e. The van der Waals surface area contributed by atoms with Crippen molar-refractivity contribution in [2.75, 3.05) is 33.7 Å². The van der Waals surface area contributed by atoms with Crippen LogP contribution in [0.25, 0.3) is 0 Å². The van der Waals surface area contributed by atoms with Crippen LogP contribution >= 0.6 is 0 Å². The molecule has 2 unspecified atom stereocenters. The fraction of sp³-hybridized carbons (Fsp3) is 0.818. The number of rotatable bonds is 1. The van der Waals surface area contributed by atoms with Gasteiger partial charge < -0.3 is 10.2 Å². The molecule has 0 bridgehead atoms. The van der Waals surface area contributed by atoms with Gasteiger partial charge in [-0.05, 0) is 40.5 Å². The number of carbonyl (C=O) groups is 1. The molecule has 2 atom stereocenters. The molecule has 0 aromatic heterocycles. The van der Waals surface area contributed by atoms with E-state index in [-0.39, 0.29) is 18.0 Å². The van der Waals surface area contributed by atoms with Gasteiger partial charge in [0.15, 0.2) is 0 Å². The second-order valence-electron chi connectivity index (χ2n) is 4.79. The van der Waals surface area contributed by atoms with Gasteiger partial charge in [0.25, 0.3) is 0 Å². The van der Waals surface area contributed by atoms with E-state index in [1.807, 2.05) is 6.92 Å². The number of hydrogen-bond donors (Lipinski definition) is 1. The maximum absolute atomic E-state index is 11.4. The fourth-order valence-electron chi connectivity index (χ4n) is 2.27. The molecule has 0 aromatic rings. The molecule has 5 nitrogen and oxygen atoms in total. The highest BCUT2D eigenvalue weighted by atomic mass is 16.2. The minimum absolute atomic E-state index is 0.0234. The molecular formula is C11H20N4O. The Morgan fingerprint density at radius 3 is 2.75 bits per heavy atom. The van der Waals surface area contributed by atoms with Crippen LogP contribution in [0.15, 0.2) is 4.99 Å². The molecule has 1 N–H and O–H groups in total. The van der Waals surface area contributed by atoms with Gasteiger partial charge in [-0.1, -0.05) is 0 Å². The van der Waals surface area contributed by atoms with Gasteiger partial charge in [-0.25, -0.2) is 0 Å². The molecule has 2 aliphatic heterocycles. The van der Waals surface area contributed by atoms with Crippen molar-refractivity contribution >= 4 is 11.7 Å². The van der Waals surface area contributed by atoms with Gasteiger partial charge in [-0.15, -0.1) is 0 Å². The monoisotopic (exact) mass is 224 g/mol. The predicted octanol–water partition coefficient (Wildman–Crippen LogP) is -0.461. The summed E-state index contributed by atoms with van der Waals surface area (Å²) in [6.45, 7) is 4.93. The third kappa shape index (κ3) is 2.25. The number of amidine groups is 1. The van der Waals surface area contributed by atoms with Gasteiger partial charge in [0, 0.05) is 6.54 Å². The summed E-state index contributed by atoms with van der Waals surface area (Å²) in [5.74, 6) is 0.865. The first-order valence-corrected chi connectivity index (χ1v) is 5.85. The summed E-state index contributed by atoms with van der Waals surface area (Å²) < 4.78 is 0. The average molecular weight is 224 g/mol. The van der Waals surface area contributed by atoms with Crippen molar-refractivity contribution in [3.63, 3.8) is 0 Å². The smallest absolute Gasteiger partial charge is 0.249 e. The average Bonchev–Trinajstić information content (AvgIpc) is 2.44. The van der Waals surface area contributed by atoms with E-state index in [0.717, 1.165) is 25.5 Å². The second-order valence-corrected chi connectivity index (χ2v) is 4.79. The Morgan fingerprint density at radius 1 is 1.38 bits per heavy atom. The molecule has 0 radical (unpaired) electrons. The lowest BCUT2D eigenvalue weighted by Gasteiger charge is -2.27. The summed E-state index contributed by atoms with van der Waals surface area (Å²) in [5, 5.41) is 2.89. The molecule has 1 fully saturated rings. The zero-order valence-corrected chi connectivity index (χ0v) is 10.2. The molecule has 16 heavy (non-hydrogen) atoms. The number of carbonyl (C=O) groups excluding carboxylic acids is 1. The van der Waals surface area contributed by atoms with E-state index < -0.39 is 0 Å². The van der Waals surface area contributed by atoms with Crippen LogP contribution in [-0.4, -0.2) is 67.4 Å². The number of likely N-dealkylation sites (N-methyl/N-ethyl adjacent to an activating group) is 2. The Labute approximate surface area is 96.5 Å². The highest BCUT2D eigenvalue weighted by Gasteiger charge is 2.31. The van der Waals surface area contributed by atoms with Crippen molar-refractivity contribution in [3.05, 3.63) is 0 Å². The Kier molecular flexibility index (Phi) is 3.25. The quantitative estimate of drug-likeness (QED) is 0.655. The third-order valence-corrected chi connectivity index (χ3v) is 3.35. The van der Waals surface area contributed by atoms with Crippen LogP contribution in [0.1, 0.15) is 13.3 Å². The molecule has 0 aliphatic carbocycles. The summed E-state index contributed by atoms with van der Waals surface area (Å²) in [6, 6.07) is -0.00152. The third-order valence-electron chi connectivity index (χ3n) is 3.35. The Morgan fingerprint density at radius 2 is 2.12 bits per heavy atom. The Hall–Kier alpha value is -0.940. The predicted molar refractivity (Wildman–Crippen MR) is 63.6 cm³/mol. The lowest BCUT2D eigenvalue weighted by Crippen LogP contribution is -2.48. The van der Waals surface area contributed by atoms with Gasteiger partial charge in [0.05, 0.1) is 6.04 Å². The maximum atomic E-state index is 11.4. The van der Waals surface area contributed by atoms with Crippen LogP contribution in [0.5, 0.6) is 0 Å². The van der Waals surface area contributed by atoms with Gasteiger partial charge in [0.2, 0.25) is 5.91 Å². The molecule has 5 heteroatoms. The van der Waals surface area contributed by atoms with Gasteiger partial charge in [0.1, 0.15) is 11.9 Å². The standard InChI is InChI=1S/C11H20N4O/c1-8-11(16)13-10(12-8)9-7-14(2)5-4-6-15(9)3/h8-9H,4-7H2,1-3H3,(H,12,13,16). The van der Waals surface area contributed by atoms with Gasteiger partial charge >= 0.3 is 0 Å². The van der Waals surface area contributed by atoms with Crippen molar-refractivity contribution in [2.24, 2.45) is 4.99 Å². The number of amides is 1. The number of hydrogen-bond acceptors (Lipinski definition) is 4. The van der Waals surface area contributed by atoms with Crippen LogP contribution in [0.3, 0.4) is 0 Å². The van der Waals surface area contributed by atoms with Crippen molar-refractivity contribution in [3.8, 4) is 0 Å². The Balaban J connectivity index is 2.12. The van der Waals surface area contributed by atoms with Crippen LogP contribution in [0.2, 0.25) is 0 Å². The molecule has 1 amide bonds. The van der Waals surface area contributed by atoms with E-state index in [4.69, 9.17) is 0 Å². The topological polar surface area (TPSA) is 47.9 Å². The summed E-state index contributed by atoms with van der Waals surface area (Å²) in [6.07, 6.45) is 1.17. The first-order chi connectivity index (χ1) is 7.58. The summed E-state index contributed by atoms with van der Waals surface area (Å²) >= 11 is 0. The normalized spacial score (nSPS) is 33.4. The van der Waals surface area contributed by atoms with Gasteiger partial charge in [-0.3, -0.25) is 14.7 Å². The van der Waals surface area contributed by atoms with Crippen LogP contribution in [0, 0.1) is 0 Å². The fourth-order valence-corrected chi connectivity index (χ4v) is 2.27. The zero-order chi connectivity index (χ0) is 11.7. The first kappa shape index (κ1) is 11.5. The van der Waals surface area contributed by atoms with E-state index in [0.29, 0.717) is 0 Å². The molecule has 90 valence electrons. The SMILES string of the molecule is CC1N=C(C2CN(C)CCCN2C)NC1=O. The molecular weight excluding hydrogens is 204 g/mol. The van der Waals surface area contributed by atoms with E-state index in [2.05, 4.69) is 34.2 Å². The van der Waals surface area contributed by atoms with Crippen molar-refractivity contribution in [1.29, 1.82) is 0 Å². The van der Waals surface area contributed by atoms with Crippen molar-refractivity contribution in [2.45, 2.75) is 25.4 Å². The number of nitrogens with one attached hydrogen (secondary N) is 1. The Bertz CT molecular complexity index is 315. The molecule has 2 rings (SSSR count). The van der Waals surface area contributed by atoms with Crippen LogP contribution < -0.4 is 5.32 Å². The number of aliphatic imine (C=N–C) groups is 1. The molecule has 2 aliphatic rings. The zero-order valence-electron chi connectivity index (χ0n) is 10.2. The summed E-state index contributed by atoms with van der Waals surface area (Å²) in [5.41, 5.74) is 0. The van der Waals surface area contributed by atoms with Gasteiger partial charge in [-0.2, -0.15) is 0 Å². The van der Waals surface area contributed by atoms with E-state index in [9.17, 15) is 4.79 Å². The lowest BCUT2D eigenvalue weighted by atomic mass is 10.2. The molecule has 0 saturated carbocycles. The summed E-state index contributed by atoms with van der Waals surface area (Å²) in [4.78, 5) is 20.4. The number of nitrogens with zero attached hydrogens (tertiary/aromatic N) is 3. The van der Waals surface area contributed by atoms with E-state index in [1.165, 1.54) is 6.42 Å².